The molecule has 1 N–H and O–H groups in total. The zero-order valence-corrected chi connectivity index (χ0v) is 15.4. The van der Waals surface area contributed by atoms with E-state index in [-0.39, 0.29) is 17.9 Å². The lowest BCUT2D eigenvalue weighted by atomic mass is 9.90. The average molecular weight is 331 g/mol. The molecule has 2 atom stereocenters. The smallest absolute Gasteiger partial charge is 0.254 e. The second-order valence-corrected chi connectivity index (χ2v) is 7.09. The zero-order valence-electron chi connectivity index (χ0n) is 15.4. The first-order valence-electron chi connectivity index (χ1n) is 8.57. The summed E-state index contributed by atoms with van der Waals surface area (Å²) in [7, 11) is 4.08. The van der Waals surface area contributed by atoms with E-state index in [1.165, 1.54) is 0 Å². The predicted octanol–water partition coefficient (Wildman–Crippen LogP) is 1.83. The van der Waals surface area contributed by atoms with E-state index in [0.717, 1.165) is 29.7 Å². The van der Waals surface area contributed by atoms with Gasteiger partial charge < -0.3 is 15.1 Å². The molecule has 5 nitrogen and oxygen atoms in total. The van der Waals surface area contributed by atoms with Crippen LogP contribution in [0.15, 0.2) is 18.2 Å². The van der Waals surface area contributed by atoms with Crippen molar-refractivity contribution in [2.45, 2.75) is 33.2 Å². The summed E-state index contributed by atoms with van der Waals surface area (Å²) in [6, 6.07) is 6.27. The first kappa shape index (κ1) is 18.5. The second kappa shape index (κ2) is 7.79. The number of likely N-dealkylation sites (tertiary alicyclic amines) is 1. The summed E-state index contributed by atoms with van der Waals surface area (Å²) in [5, 5.41) is 2.92. The van der Waals surface area contributed by atoms with Crippen LogP contribution in [-0.4, -0.2) is 61.4 Å². The number of nitrogens with one attached hydrogen (secondary N) is 1. The largest absolute Gasteiger partial charge is 0.356 e. The summed E-state index contributed by atoms with van der Waals surface area (Å²) >= 11 is 0. The Kier molecular flexibility index (Phi) is 5.99. The van der Waals surface area contributed by atoms with Gasteiger partial charge in [-0.25, -0.2) is 0 Å². The second-order valence-electron chi connectivity index (χ2n) is 7.09. The van der Waals surface area contributed by atoms with E-state index in [4.69, 9.17) is 0 Å². The van der Waals surface area contributed by atoms with E-state index in [9.17, 15) is 9.59 Å². The Morgan fingerprint density at radius 2 is 2.00 bits per heavy atom. The van der Waals surface area contributed by atoms with Gasteiger partial charge in [-0.15, -0.1) is 0 Å². The molecule has 1 saturated heterocycles. The lowest BCUT2D eigenvalue weighted by molar-refractivity contribution is -0.119. The summed E-state index contributed by atoms with van der Waals surface area (Å²) in [4.78, 5) is 28.3. The van der Waals surface area contributed by atoms with Gasteiger partial charge in [-0.3, -0.25) is 9.59 Å². The number of piperidine rings is 1. The third-order valence-electron chi connectivity index (χ3n) is 4.91. The van der Waals surface area contributed by atoms with E-state index in [1.54, 1.807) is 6.92 Å². The number of benzene rings is 1. The van der Waals surface area contributed by atoms with E-state index < -0.39 is 0 Å². The number of hydrogen-bond acceptors (Lipinski definition) is 3. The van der Waals surface area contributed by atoms with Crippen molar-refractivity contribution in [3.8, 4) is 0 Å². The summed E-state index contributed by atoms with van der Waals surface area (Å²) in [5.74, 6) is 0.481. The van der Waals surface area contributed by atoms with Crippen LogP contribution < -0.4 is 5.32 Å². The van der Waals surface area contributed by atoms with E-state index in [2.05, 4.69) is 10.2 Å². The number of rotatable bonds is 4. The maximum Gasteiger partial charge on any atom is 0.254 e. The standard InChI is InChI=1S/C19H29N3O2/c1-13-6-7-14(2)17(10-13)19(24)22-9-8-16(11-20-15(3)23)18(12-22)21(4)5/h6-7,10,16,18H,8-9,11-12H2,1-5H3,(H,20,23)/t16-,18-/m1/s1. The Balaban J connectivity index is 2.12. The Morgan fingerprint density at radius 1 is 1.29 bits per heavy atom. The topological polar surface area (TPSA) is 52.7 Å². The highest BCUT2D eigenvalue weighted by Gasteiger charge is 2.33. The molecule has 0 bridgehead atoms. The van der Waals surface area contributed by atoms with Crippen LogP contribution in [0.1, 0.15) is 34.8 Å². The third-order valence-corrected chi connectivity index (χ3v) is 4.91. The van der Waals surface area contributed by atoms with Crippen molar-refractivity contribution in [1.29, 1.82) is 0 Å². The van der Waals surface area contributed by atoms with Gasteiger partial charge in [0.2, 0.25) is 5.91 Å². The fourth-order valence-electron chi connectivity index (χ4n) is 3.40. The number of carbonyl (C=O) groups excluding carboxylic acids is 2. The van der Waals surface area contributed by atoms with Crippen molar-refractivity contribution in [3.63, 3.8) is 0 Å². The van der Waals surface area contributed by atoms with Crippen LogP contribution in [0.2, 0.25) is 0 Å². The molecule has 5 heteroatoms. The molecule has 1 aliphatic heterocycles. The molecule has 2 rings (SSSR count). The van der Waals surface area contributed by atoms with Crippen LogP contribution in [0.3, 0.4) is 0 Å². The number of amides is 2. The highest BCUT2D eigenvalue weighted by atomic mass is 16.2. The molecule has 0 aromatic heterocycles. The molecule has 1 fully saturated rings. The lowest BCUT2D eigenvalue weighted by Crippen LogP contribution is -2.54. The Hall–Kier alpha value is -1.88. The first-order valence-corrected chi connectivity index (χ1v) is 8.57. The highest BCUT2D eigenvalue weighted by Crippen LogP contribution is 2.23. The molecule has 1 heterocycles. The SMILES string of the molecule is CC(=O)NC[C@H]1CCN(C(=O)c2cc(C)ccc2C)C[C@H]1N(C)C. The molecular formula is C19H29N3O2. The molecular weight excluding hydrogens is 302 g/mol. The van der Waals surface area contributed by atoms with Crippen LogP contribution in [0.5, 0.6) is 0 Å². The van der Waals surface area contributed by atoms with Crippen molar-refractivity contribution < 1.29 is 9.59 Å². The van der Waals surface area contributed by atoms with Gasteiger partial charge in [0.1, 0.15) is 0 Å². The lowest BCUT2D eigenvalue weighted by Gasteiger charge is -2.42. The molecule has 132 valence electrons. The maximum atomic E-state index is 13.0. The van der Waals surface area contributed by atoms with Crippen molar-refractivity contribution in [2.75, 3.05) is 33.7 Å². The summed E-state index contributed by atoms with van der Waals surface area (Å²) < 4.78 is 0. The average Bonchev–Trinajstić information content (AvgIpc) is 2.54. The fourth-order valence-corrected chi connectivity index (χ4v) is 3.40. The Labute approximate surface area is 145 Å². The molecule has 0 aliphatic carbocycles. The van der Waals surface area contributed by atoms with Gasteiger partial charge in [-0.1, -0.05) is 17.7 Å². The van der Waals surface area contributed by atoms with E-state index in [1.807, 2.05) is 51.0 Å². The minimum atomic E-state index is 0.00129. The third kappa shape index (κ3) is 4.35. The Morgan fingerprint density at radius 3 is 2.62 bits per heavy atom. The van der Waals surface area contributed by atoms with Gasteiger partial charge >= 0.3 is 0 Å². The van der Waals surface area contributed by atoms with Gasteiger partial charge in [-0.2, -0.15) is 0 Å². The van der Waals surface area contributed by atoms with Crippen molar-refractivity contribution in [2.24, 2.45) is 5.92 Å². The van der Waals surface area contributed by atoms with Crippen LogP contribution >= 0.6 is 0 Å². The fraction of sp³-hybridized carbons (Fsp3) is 0.579. The summed E-state index contributed by atoms with van der Waals surface area (Å²) in [5.41, 5.74) is 2.92. The van der Waals surface area contributed by atoms with Gasteiger partial charge in [-0.05, 0) is 51.9 Å². The highest BCUT2D eigenvalue weighted by molar-refractivity contribution is 5.96. The number of likely N-dealkylation sites (N-methyl/N-ethyl adjacent to an activating group) is 1. The molecule has 1 aromatic carbocycles. The molecule has 0 unspecified atom stereocenters. The molecule has 1 aromatic rings. The van der Waals surface area contributed by atoms with Crippen molar-refractivity contribution in [3.05, 3.63) is 34.9 Å². The molecule has 2 amide bonds. The number of aryl methyl sites for hydroxylation is 2. The van der Waals surface area contributed by atoms with E-state index in [0.29, 0.717) is 19.0 Å². The van der Waals surface area contributed by atoms with Crippen LogP contribution in [0.4, 0.5) is 0 Å². The van der Waals surface area contributed by atoms with Gasteiger partial charge in [0.05, 0.1) is 0 Å². The normalized spacial score (nSPS) is 21.0. The number of hydrogen-bond donors (Lipinski definition) is 1. The van der Waals surface area contributed by atoms with Gasteiger partial charge in [0, 0.05) is 38.2 Å². The van der Waals surface area contributed by atoms with E-state index >= 15 is 0 Å². The first-order chi connectivity index (χ1) is 11.3. The van der Waals surface area contributed by atoms with Crippen LogP contribution in [0.25, 0.3) is 0 Å². The van der Waals surface area contributed by atoms with Crippen molar-refractivity contribution >= 4 is 11.8 Å². The molecule has 0 spiro atoms. The minimum Gasteiger partial charge on any atom is -0.356 e. The quantitative estimate of drug-likeness (QED) is 0.916. The molecule has 0 saturated carbocycles. The zero-order chi connectivity index (χ0) is 17.9. The number of carbonyl (C=O) groups is 2. The van der Waals surface area contributed by atoms with Gasteiger partial charge in [0.15, 0.2) is 0 Å². The van der Waals surface area contributed by atoms with Gasteiger partial charge in [0.25, 0.3) is 5.91 Å². The summed E-state index contributed by atoms with van der Waals surface area (Å²) in [6.07, 6.45) is 0.903. The Bertz CT molecular complexity index is 613. The monoisotopic (exact) mass is 331 g/mol. The predicted molar refractivity (Wildman–Crippen MR) is 96.1 cm³/mol. The van der Waals surface area contributed by atoms with Crippen LogP contribution in [-0.2, 0) is 4.79 Å². The minimum absolute atomic E-state index is 0.00129. The molecule has 0 radical (unpaired) electrons. The van der Waals surface area contributed by atoms with Crippen LogP contribution in [0, 0.1) is 19.8 Å². The maximum absolute atomic E-state index is 13.0. The van der Waals surface area contributed by atoms with Crippen molar-refractivity contribution in [1.82, 2.24) is 15.1 Å². The molecule has 1 aliphatic rings. The molecule has 24 heavy (non-hydrogen) atoms. The number of nitrogens with zero attached hydrogens (tertiary/aromatic N) is 2. The summed E-state index contributed by atoms with van der Waals surface area (Å²) in [6.45, 7) is 7.65.